The standard InChI is InChI=1S/C21H26N2O6S/c1-27-17-11-10-15(14-19(17)30(25,26)23-12-5-4-6-13-23)22-21(24)16-8-7-9-18(28-2)20(16)29-3/h7-11,14H,4-6,12-13H2,1-3H3,(H,22,24). The van der Waals surface area contributed by atoms with Gasteiger partial charge in [0.1, 0.15) is 10.6 Å². The number of anilines is 1. The van der Waals surface area contributed by atoms with Crippen LogP contribution in [0.25, 0.3) is 0 Å². The summed E-state index contributed by atoms with van der Waals surface area (Å²) >= 11 is 0. The summed E-state index contributed by atoms with van der Waals surface area (Å²) in [4.78, 5) is 12.9. The highest BCUT2D eigenvalue weighted by Crippen LogP contribution is 2.33. The molecule has 0 spiro atoms. The van der Waals surface area contributed by atoms with E-state index >= 15 is 0 Å². The molecular weight excluding hydrogens is 408 g/mol. The van der Waals surface area contributed by atoms with E-state index in [9.17, 15) is 13.2 Å². The summed E-state index contributed by atoms with van der Waals surface area (Å²) in [6.45, 7) is 0.951. The first-order valence-corrected chi connectivity index (χ1v) is 11.1. The molecule has 1 aliphatic rings. The summed E-state index contributed by atoms with van der Waals surface area (Å²) in [6, 6.07) is 9.52. The van der Waals surface area contributed by atoms with E-state index in [1.807, 2.05) is 0 Å². The quantitative estimate of drug-likeness (QED) is 0.720. The molecule has 2 aromatic rings. The molecule has 1 saturated heterocycles. The summed E-state index contributed by atoms with van der Waals surface area (Å²) in [5.74, 6) is 0.509. The van der Waals surface area contributed by atoms with Crippen molar-refractivity contribution in [3.8, 4) is 17.2 Å². The molecule has 3 rings (SSSR count). The number of carbonyl (C=O) groups excluding carboxylic acids is 1. The van der Waals surface area contributed by atoms with E-state index in [0.717, 1.165) is 19.3 Å². The third kappa shape index (κ3) is 4.36. The van der Waals surface area contributed by atoms with Crippen LogP contribution in [0.4, 0.5) is 5.69 Å². The van der Waals surface area contributed by atoms with Gasteiger partial charge in [0.15, 0.2) is 11.5 Å². The number of ether oxygens (including phenoxy) is 3. The number of benzene rings is 2. The van der Waals surface area contributed by atoms with E-state index in [4.69, 9.17) is 14.2 Å². The zero-order chi connectivity index (χ0) is 21.7. The molecule has 0 aromatic heterocycles. The van der Waals surface area contributed by atoms with Crippen molar-refractivity contribution in [1.82, 2.24) is 4.31 Å². The monoisotopic (exact) mass is 434 g/mol. The average molecular weight is 435 g/mol. The molecule has 0 atom stereocenters. The van der Waals surface area contributed by atoms with Crippen LogP contribution in [-0.2, 0) is 10.0 Å². The molecule has 30 heavy (non-hydrogen) atoms. The summed E-state index contributed by atoms with van der Waals surface area (Å²) in [5, 5.41) is 2.74. The number of methoxy groups -OCH3 is 3. The van der Waals surface area contributed by atoms with Crippen molar-refractivity contribution in [3.05, 3.63) is 42.0 Å². The molecule has 9 heteroatoms. The molecule has 1 N–H and O–H groups in total. The minimum absolute atomic E-state index is 0.0299. The van der Waals surface area contributed by atoms with E-state index in [1.54, 1.807) is 24.3 Å². The third-order valence-corrected chi connectivity index (χ3v) is 6.92. The fraction of sp³-hybridized carbons (Fsp3) is 0.381. The third-order valence-electron chi connectivity index (χ3n) is 5.00. The second-order valence-electron chi connectivity index (χ2n) is 6.83. The smallest absolute Gasteiger partial charge is 0.259 e. The second kappa shape index (κ2) is 9.36. The van der Waals surface area contributed by atoms with Gasteiger partial charge in [-0.15, -0.1) is 0 Å². The van der Waals surface area contributed by atoms with E-state index in [1.165, 1.54) is 37.8 Å². The molecular formula is C21H26N2O6S. The molecule has 2 aromatic carbocycles. The Morgan fingerprint density at radius 2 is 1.63 bits per heavy atom. The van der Waals surface area contributed by atoms with Gasteiger partial charge in [0.25, 0.3) is 5.91 Å². The van der Waals surface area contributed by atoms with E-state index in [0.29, 0.717) is 30.3 Å². The zero-order valence-electron chi connectivity index (χ0n) is 17.3. The first-order valence-electron chi connectivity index (χ1n) is 9.63. The Balaban J connectivity index is 1.93. The normalized spacial score (nSPS) is 14.8. The van der Waals surface area contributed by atoms with Crippen molar-refractivity contribution in [2.24, 2.45) is 0 Å². The summed E-state index contributed by atoms with van der Waals surface area (Å²) in [5.41, 5.74) is 0.606. The molecule has 0 radical (unpaired) electrons. The molecule has 1 heterocycles. The number of amides is 1. The van der Waals surface area contributed by atoms with E-state index in [2.05, 4.69) is 5.32 Å². The van der Waals surface area contributed by atoms with Gasteiger partial charge in [-0.25, -0.2) is 8.42 Å². The first-order chi connectivity index (χ1) is 14.4. The van der Waals surface area contributed by atoms with Gasteiger partial charge in [-0.05, 0) is 43.2 Å². The van der Waals surface area contributed by atoms with Crippen LogP contribution in [0.1, 0.15) is 29.6 Å². The topological polar surface area (TPSA) is 94.2 Å². The van der Waals surface area contributed by atoms with E-state index in [-0.39, 0.29) is 16.2 Å². The van der Waals surface area contributed by atoms with Crippen LogP contribution < -0.4 is 19.5 Å². The molecule has 0 saturated carbocycles. The van der Waals surface area contributed by atoms with Crippen molar-refractivity contribution in [3.63, 3.8) is 0 Å². The Bertz CT molecular complexity index is 1020. The van der Waals surface area contributed by atoms with Crippen molar-refractivity contribution in [1.29, 1.82) is 0 Å². The lowest BCUT2D eigenvalue weighted by Crippen LogP contribution is -2.35. The predicted octanol–water partition coefficient (Wildman–Crippen LogP) is 3.14. The molecule has 1 aliphatic heterocycles. The number of nitrogens with zero attached hydrogens (tertiary/aromatic N) is 1. The second-order valence-corrected chi connectivity index (χ2v) is 8.73. The highest BCUT2D eigenvalue weighted by atomic mass is 32.2. The number of rotatable bonds is 7. The Morgan fingerprint density at radius 3 is 2.27 bits per heavy atom. The van der Waals surface area contributed by atoms with Gasteiger partial charge < -0.3 is 19.5 Å². The lowest BCUT2D eigenvalue weighted by atomic mass is 10.1. The number of hydrogen-bond donors (Lipinski definition) is 1. The van der Waals surface area contributed by atoms with Crippen LogP contribution in [0.5, 0.6) is 17.2 Å². The van der Waals surface area contributed by atoms with Gasteiger partial charge >= 0.3 is 0 Å². The molecule has 1 fully saturated rings. The molecule has 162 valence electrons. The van der Waals surface area contributed by atoms with Crippen molar-refractivity contribution < 1.29 is 27.4 Å². The summed E-state index contributed by atoms with van der Waals surface area (Å²) < 4.78 is 43.6. The van der Waals surface area contributed by atoms with Crippen LogP contribution >= 0.6 is 0 Å². The maximum Gasteiger partial charge on any atom is 0.259 e. The SMILES string of the molecule is COc1ccc(NC(=O)c2cccc(OC)c2OC)cc1S(=O)(=O)N1CCCCC1. The number of carbonyl (C=O) groups is 1. The number of nitrogens with one attached hydrogen (secondary N) is 1. The van der Waals surface area contributed by atoms with Crippen molar-refractivity contribution >= 4 is 21.6 Å². The van der Waals surface area contributed by atoms with Gasteiger partial charge in [0.05, 0.1) is 26.9 Å². The number of piperidine rings is 1. The van der Waals surface area contributed by atoms with Gasteiger partial charge in [0.2, 0.25) is 10.0 Å². The summed E-state index contributed by atoms with van der Waals surface area (Å²) in [6.07, 6.45) is 2.67. The highest BCUT2D eigenvalue weighted by Gasteiger charge is 2.29. The molecule has 0 bridgehead atoms. The minimum Gasteiger partial charge on any atom is -0.495 e. The first kappa shape index (κ1) is 21.9. The summed E-state index contributed by atoms with van der Waals surface area (Å²) in [7, 11) is 0.618. The van der Waals surface area contributed by atoms with Gasteiger partial charge in [-0.2, -0.15) is 4.31 Å². The maximum atomic E-state index is 13.2. The zero-order valence-corrected chi connectivity index (χ0v) is 18.1. The van der Waals surface area contributed by atoms with Crippen LogP contribution in [0.2, 0.25) is 0 Å². The predicted molar refractivity (Wildman–Crippen MR) is 113 cm³/mol. The Morgan fingerprint density at radius 1 is 0.933 bits per heavy atom. The lowest BCUT2D eigenvalue weighted by Gasteiger charge is -2.26. The molecule has 0 aliphatic carbocycles. The van der Waals surface area contributed by atoms with Crippen LogP contribution in [0.3, 0.4) is 0 Å². The molecule has 8 nitrogen and oxygen atoms in total. The van der Waals surface area contributed by atoms with Gasteiger partial charge in [0, 0.05) is 18.8 Å². The van der Waals surface area contributed by atoms with Crippen molar-refractivity contribution in [2.45, 2.75) is 24.2 Å². The van der Waals surface area contributed by atoms with Crippen LogP contribution in [0, 0.1) is 0 Å². The number of para-hydroxylation sites is 1. The Hall–Kier alpha value is -2.78. The maximum absolute atomic E-state index is 13.2. The minimum atomic E-state index is -3.74. The van der Waals surface area contributed by atoms with Gasteiger partial charge in [-0.1, -0.05) is 12.5 Å². The fourth-order valence-corrected chi connectivity index (χ4v) is 5.16. The Kier molecular flexibility index (Phi) is 6.84. The van der Waals surface area contributed by atoms with Crippen LogP contribution in [0.15, 0.2) is 41.3 Å². The highest BCUT2D eigenvalue weighted by molar-refractivity contribution is 7.89. The van der Waals surface area contributed by atoms with Gasteiger partial charge in [-0.3, -0.25) is 4.79 Å². The lowest BCUT2D eigenvalue weighted by molar-refractivity contribution is 0.102. The van der Waals surface area contributed by atoms with E-state index < -0.39 is 15.9 Å². The number of hydrogen-bond acceptors (Lipinski definition) is 6. The van der Waals surface area contributed by atoms with Crippen molar-refractivity contribution in [2.75, 3.05) is 39.7 Å². The fourth-order valence-electron chi connectivity index (χ4n) is 3.46. The average Bonchev–Trinajstić information content (AvgIpc) is 2.78. The largest absolute Gasteiger partial charge is 0.495 e. The Labute approximate surface area is 176 Å². The molecule has 1 amide bonds. The van der Waals surface area contributed by atoms with Crippen LogP contribution in [-0.4, -0.2) is 53.0 Å². The molecule has 0 unspecified atom stereocenters. The number of sulfonamides is 1.